The van der Waals surface area contributed by atoms with Gasteiger partial charge in [-0.05, 0) is 55.8 Å². The number of nitrogens with two attached hydrogens (primary N) is 2. The van der Waals surface area contributed by atoms with Crippen LogP contribution in [-0.2, 0) is 0 Å². The highest BCUT2D eigenvalue weighted by Gasteiger charge is 2.54. The Balaban J connectivity index is 1.93. The fourth-order valence-corrected chi connectivity index (χ4v) is 4.40. The Morgan fingerprint density at radius 3 is 1.77 bits per heavy atom. The standard InChI is InChI=1S/C11H20N2/c12-6-11(13)9-2-7-1-8(4-9)5-10(11)3-7/h7-10H,1-6,12-13H2. The van der Waals surface area contributed by atoms with Crippen molar-refractivity contribution in [3.63, 3.8) is 0 Å². The van der Waals surface area contributed by atoms with E-state index in [-0.39, 0.29) is 5.54 Å². The Kier molecular flexibility index (Phi) is 1.58. The van der Waals surface area contributed by atoms with Gasteiger partial charge in [0.1, 0.15) is 0 Å². The third-order valence-electron chi connectivity index (χ3n) is 5.01. The zero-order valence-corrected chi connectivity index (χ0v) is 8.21. The summed E-state index contributed by atoms with van der Waals surface area (Å²) in [4.78, 5) is 0. The van der Waals surface area contributed by atoms with Crippen LogP contribution >= 0.6 is 0 Å². The van der Waals surface area contributed by atoms with Crippen LogP contribution in [0.5, 0.6) is 0 Å². The van der Waals surface area contributed by atoms with Crippen LogP contribution < -0.4 is 11.5 Å². The van der Waals surface area contributed by atoms with Crippen LogP contribution in [0.1, 0.15) is 32.1 Å². The zero-order valence-electron chi connectivity index (χ0n) is 8.21. The lowest BCUT2D eigenvalue weighted by Crippen LogP contribution is -2.66. The molecule has 0 aromatic rings. The second kappa shape index (κ2) is 2.48. The van der Waals surface area contributed by atoms with E-state index in [4.69, 9.17) is 11.5 Å². The minimum atomic E-state index is 0.0213. The molecule has 4 N–H and O–H groups in total. The molecule has 0 saturated heterocycles. The van der Waals surface area contributed by atoms with Crippen molar-refractivity contribution >= 4 is 0 Å². The lowest BCUT2D eigenvalue weighted by molar-refractivity contribution is -0.0507. The molecule has 2 heteroatoms. The fourth-order valence-electron chi connectivity index (χ4n) is 4.40. The smallest absolute Gasteiger partial charge is 0.0336 e. The minimum Gasteiger partial charge on any atom is -0.329 e. The number of hydrogen-bond donors (Lipinski definition) is 2. The van der Waals surface area contributed by atoms with Crippen molar-refractivity contribution in [3.8, 4) is 0 Å². The Morgan fingerprint density at radius 1 is 0.923 bits per heavy atom. The summed E-state index contributed by atoms with van der Waals surface area (Å²) in [5, 5.41) is 0. The van der Waals surface area contributed by atoms with E-state index in [1.165, 1.54) is 32.1 Å². The van der Waals surface area contributed by atoms with Crippen molar-refractivity contribution in [1.29, 1.82) is 0 Å². The van der Waals surface area contributed by atoms with E-state index in [1.54, 1.807) is 0 Å². The first kappa shape index (κ1) is 8.25. The Labute approximate surface area is 80.1 Å². The monoisotopic (exact) mass is 180 g/mol. The molecule has 0 aromatic heterocycles. The quantitative estimate of drug-likeness (QED) is 0.635. The van der Waals surface area contributed by atoms with Gasteiger partial charge in [-0.15, -0.1) is 0 Å². The van der Waals surface area contributed by atoms with Gasteiger partial charge in [0.15, 0.2) is 0 Å². The molecule has 0 heterocycles. The van der Waals surface area contributed by atoms with Crippen molar-refractivity contribution in [3.05, 3.63) is 0 Å². The van der Waals surface area contributed by atoms with E-state index in [1.807, 2.05) is 0 Å². The van der Waals surface area contributed by atoms with Crippen LogP contribution in [0.4, 0.5) is 0 Å². The van der Waals surface area contributed by atoms with E-state index >= 15 is 0 Å². The molecule has 0 radical (unpaired) electrons. The van der Waals surface area contributed by atoms with E-state index in [0.29, 0.717) is 6.54 Å². The Hall–Kier alpha value is -0.0800. The maximum absolute atomic E-state index is 6.47. The zero-order chi connectivity index (χ0) is 9.05. The van der Waals surface area contributed by atoms with Crippen molar-refractivity contribution in [2.45, 2.75) is 37.6 Å². The van der Waals surface area contributed by atoms with E-state index in [2.05, 4.69) is 0 Å². The average molecular weight is 180 g/mol. The van der Waals surface area contributed by atoms with Gasteiger partial charge >= 0.3 is 0 Å². The number of hydrogen-bond acceptors (Lipinski definition) is 2. The van der Waals surface area contributed by atoms with Crippen molar-refractivity contribution in [2.75, 3.05) is 6.54 Å². The number of rotatable bonds is 1. The molecule has 74 valence electrons. The molecule has 4 bridgehead atoms. The van der Waals surface area contributed by atoms with Crippen molar-refractivity contribution in [2.24, 2.45) is 35.1 Å². The molecule has 0 spiro atoms. The highest BCUT2D eigenvalue weighted by atomic mass is 14.9. The van der Waals surface area contributed by atoms with E-state index in [9.17, 15) is 0 Å². The average Bonchev–Trinajstić information content (AvgIpc) is 2.13. The first-order valence-electron chi connectivity index (χ1n) is 5.71. The highest BCUT2D eigenvalue weighted by Crippen LogP contribution is 2.56. The second-order valence-corrected chi connectivity index (χ2v) is 5.62. The molecular weight excluding hydrogens is 160 g/mol. The van der Waals surface area contributed by atoms with Gasteiger partial charge in [0.05, 0.1) is 0 Å². The van der Waals surface area contributed by atoms with Crippen LogP contribution in [0, 0.1) is 23.7 Å². The van der Waals surface area contributed by atoms with Crippen LogP contribution in [-0.4, -0.2) is 12.1 Å². The lowest BCUT2D eigenvalue weighted by Gasteiger charge is -2.59. The molecule has 0 aliphatic heterocycles. The van der Waals surface area contributed by atoms with Gasteiger partial charge in [0.2, 0.25) is 0 Å². The molecule has 0 amide bonds. The summed E-state index contributed by atoms with van der Waals surface area (Å²) < 4.78 is 0. The van der Waals surface area contributed by atoms with Crippen LogP contribution in [0.3, 0.4) is 0 Å². The fraction of sp³-hybridized carbons (Fsp3) is 1.00. The van der Waals surface area contributed by atoms with Gasteiger partial charge in [-0.3, -0.25) is 0 Å². The topological polar surface area (TPSA) is 52.0 Å². The predicted molar refractivity (Wildman–Crippen MR) is 53.0 cm³/mol. The van der Waals surface area contributed by atoms with Crippen molar-refractivity contribution < 1.29 is 0 Å². The molecule has 2 nitrogen and oxygen atoms in total. The third-order valence-corrected chi connectivity index (χ3v) is 5.01. The lowest BCUT2D eigenvalue weighted by atomic mass is 9.49. The molecule has 4 rings (SSSR count). The predicted octanol–water partition coefficient (Wildman–Crippen LogP) is 1.10. The summed E-state index contributed by atoms with van der Waals surface area (Å²) in [5.74, 6) is 3.53. The minimum absolute atomic E-state index is 0.0213. The summed E-state index contributed by atoms with van der Waals surface area (Å²) in [6, 6.07) is 0. The molecule has 4 fully saturated rings. The second-order valence-electron chi connectivity index (χ2n) is 5.62. The summed E-state index contributed by atoms with van der Waals surface area (Å²) >= 11 is 0. The molecule has 0 atom stereocenters. The molecule has 4 aliphatic carbocycles. The largest absolute Gasteiger partial charge is 0.329 e. The molecule has 4 aliphatic rings. The summed E-state index contributed by atoms with van der Waals surface area (Å²) in [7, 11) is 0. The van der Waals surface area contributed by atoms with Gasteiger partial charge in [-0.25, -0.2) is 0 Å². The van der Waals surface area contributed by atoms with Crippen LogP contribution in [0.2, 0.25) is 0 Å². The first-order valence-corrected chi connectivity index (χ1v) is 5.71. The van der Waals surface area contributed by atoms with E-state index in [0.717, 1.165) is 23.7 Å². The van der Waals surface area contributed by atoms with Gasteiger partial charge in [0.25, 0.3) is 0 Å². The Bertz CT molecular complexity index is 196. The molecule has 13 heavy (non-hydrogen) atoms. The van der Waals surface area contributed by atoms with Crippen LogP contribution in [0.15, 0.2) is 0 Å². The molecule has 0 unspecified atom stereocenters. The van der Waals surface area contributed by atoms with Crippen LogP contribution in [0.25, 0.3) is 0 Å². The van der Waals surface area contributed by atoms with Gasteiger partial charge in [0, 0.05) is 12.1 Å². The van der Waals surface area contributed by atoms with Gasteiger partial charge in [-0.2, -0.15) is 0 Å². The normalized spacial score (nSPS) is 58.6. The third kappa shape index (κ3) is 0.962. The maximum atomic E-state index is 6.47. The van der Waals surface area contributed by atoms with Crippen molar-refractivity contribution in [1.82, 2.24) is 0 Å². The summed E-state index contributed by atoms with van der Waals surface area (Å²) in [6.45, 7) is 0.710. The Morgan fingerprint density at radius 2 is 1.38 bits per heavy atom. The van der Waals surface area contributed by atoms with Gasteiger partial charge in [-0.1, -0.05) is 0 Å². The first-order chi connectivity index (χ1) is 6.22. The highest BCUT2D eigenvalue weighted by molar-refractivity contribution is 5.09. The molecule has 0 aromatic carbocycles. The molecular formula is C11H20N2. The summed E-state index contributed by atoms with van der Waals surface area (Å²) in [6.07, 6.45) is 7.00. The van der Waals surface area contributed by atoms with Gasteiger partial charge < -0.3 is 11.5 Å². The molecule has 4 saturated carbocycles. The summed E-state index contributed by atoms with van der Waals surface area (Å²) in [5.41, 5.74) is 12.3. The maximum Gasteiger partial charge on any atom is 0.0336 e. The SMILES string of the molecule is NCC1(N)C2CC3CC(C2)CC1C3. The van der Waals surface area contributed by atoms with E-state index < -0.39 is 0 Å².